The summed E-state index contributed by atoms with van der Waals surface area (Å²) < 4.78 is 62.2. The standard InChI is InChI=1S/C22H21ClF4O4/c1-21(2,3)18-15(11-4-5-11)9-16(20(28)29)19(24)17(18)10-30-13-6-12(23)7-14(8-13)31-22(25,26)27/h6-9,11H,4-5,10H2,1-3H3,(H,28,29). The van der Waals surface area contributed by atoms with Gasteiger partial charge in [-0.05, 0) is 53.5 Å². The minimum atomic E-state index is -4.91. The smallest absolute Gasteiger partial charge is 0.489 e. The van der Waals surface area contributed by atoms with Crippen LogP contribution in [0.15, 0.2) is 24.3 Å². The van der Waals surface area contributed by atoms with Gasteiger partial charge in [-0.1, -0.05) is 32.4 Å². The molecule has 1 fully saturated rings. The molecule has 9 heteroatoms. The van der Waals surface area contributed by atoms with Crippen molar-refractivity contribution in [2.24, 2.45) is 0 Å². The van der Waals surface area contributed by atoms with Crippen LogP contribution in [-0.4, -0.2) is 17.4 Å². The lowest BCUT2D eigenvalue weighted by atomic mass is 9.78. The van der Waals surface area contributed by atoms with Crippen LogP contribution in [0.5, 0.6) is 11.5 Å². The van der Waals surface area contributed by atoms with Gasteiger partial charge in [0.25, 0.3) is 0 Å². The molecular weight excluding hydrogens is 440 g/mol. The van der Waals surface area contributed by atoms with E-state index < -0.39 is 34.9 Å². The number of rotatable bonds is 6. The van der Waals surface area contributed by atoms with Gasteiger partial charge < -0.3 is 14.6 Å². The lowest BCUT2D eigenvalue weighted by molar-refractivity contribution is -0.274. The molecule has 0 saturated heterocycles. The summed E-state index contributed by atoms with van der Waals surface area (Å²) in [5.74, 6) is -2.82. The van der Waals surface area contributed by atoms with Gasteiger partial charge in [0.15, 0.2) is 0 Å². The predicted octanol–water partition coefficient (Wildman–Crippen LogP) is 6.83. The second-order valence-corrected chi connectivity index (χ2v) is 8.91. The minimum Gasteiger partial charge on any atom is -0.489 e. The van der Waals surface area contributed by atoms with Crippen molar-refractivity contribution in [3.05, 3.63) is 57.4 Å². The minimum absolute atomic E-state index is 0.0626. The Kier molecular flexibility index (Phi) is 6.15. The summed E-state index contributed by atoms with van der Waals surface area (Å²) >= 11 is 5.86. The number of alkyl halides is 3. The van der Waals surface area contributed by atoms with Crippen molar-refractivity contribution in [3.63, 3.8) is 0 Å². The molecule has 0 heterocycles. The molecule has 31 heavy (non-hydrogen) atoms. The molecule has 0 spiro atoms. The zero-order valence-corrected chi connectivity index (χ0v) is 17.8. The Morgan fingerprint density at radius 3 is 2.26 bits per heavy atom. The van der Waals surface area contributed by atoms with Crippen LogP contribution < -0.4 is 9.47 Å². The average molecular weight is 461 g/mol. The van der Waals surface area contributed by atoms with Crippen LogP contribution in [0.1, 0.15) is 66.6 Å². The maximum absolute atomic E-state index is 15.2. The third-order valence-corrected chi connectivity index (χ3v) is 5.07. The van der Waals surface area contributed by atoms with E-state index in [-0.39, 0.29) is 28.9 Å². The monoisotopic (exact) mass is 460 g/mol. The fourth-order valence-corrected chi connectivity index (χ4v) is 3.81. The molecule has 0 amide bonds. The van der Waals surface area contributed by atoms with Gasteiger partial charge in [0.05, 0.1) is 5.56 Å². The topological polar surface area (TPSA) is 55.8 Å². The molecule has 3 rings (SSSR count). The second-order valence-electron chi connectivity index (χ2n) is 8.47. The van der Waals surface area contributed by atoms with Gasteiger partial charge >= 0.3 is 12.3 Å². The van der Waals surface area contributed by atoms with Gasteiger partial charge in [0.1, 0.15) is 23.9 Å². The summed E-state index contributed by atoms with van der Waals surface area (Å²) in [7, 11) is 0. The molecule has 2 aromatic rings. The van der Waals surface area contributed by atoms with Crippen molar-refractivity contribution < 1.29 is 36.9 Å². The highest BCUT2D eigenvalue weighted by atomic mass is 35.5. The van der Waals surface area contributed by atoms with E-state index in [4.69, 9.17) is 16.3 Å². The molecule has 1 N–H and O–H groups in total. The first-order valence-electron chi connectivity index (χ1n) is 9.54. The molecule has 1 aliphatic rings. The highest BCUT2D eigenvalue weighted by Crippen LogP contribution is 2.47. The quantitative estimate of drug-likeness (QED) is 0.480. The summed E-state index contributed by atoms with van der Waals surface area (Å²) in [6.45, 7) is 5.26. The number of benzene rings is 2. The van der Waals surface area contributed by atoms with Gasteiger partial charge in [-0.3, -0.25) is 0 Å². The molecule has 0 aromatic heterocycles. The van der Waals surface area contributed by atoms with E-state index >= 15 is 4.39 Å². The van der Waals surface area contributed by atoms with Crippen LogP contribution in [0.2, 0.25) is 5.02 Å². The third-order valence-electron chi connectivity index (χ3n) is 4.85. The maximum Gasteiger partial charge on any atom is 0.573 e. The third kappa shape index (κ3) is 5.61. The van der Waals surface area contributed by atoms with Gasteiger partial charge in [0, 0.05) is 16.7 Å². The SMILES string of the molecule is CC(C)(C)c1c(C2CC2)cc(C(=O)O)c(F)c1COc1cc(Cl)cc(OC(F)(F)F)c1. The Hall–Kier alpha value is -2.48. The van der Waals surface area contributed by atoms with E-state index in [0.29, 0.717) is 5.56 Å². The molecule has 0 aliphatic heterocycles. The number of carboxylic acids is 1. The van der Waals surface area contributed by atoms with E-state index in [9.17, 15) is 23.1 Å². The van der Waals surface area contributed by atoms with Crippen molar-refractivity contribution in [3.8, 4) is 11.5 Å². The number of hydrogen-bond acceptors (Lipinski definition) is 3. The Morgan fingerprint density at radius 1 is 1.13 bits per heavy atom. The number of carbonyl (C=O) groups is 1. The summed E-state index contributed by atoms with van der Waals surface area (Å²) in [5, 5.41) is 9.39. The molecule has 4 nitrogen and oxygen atoms in total. The van der Waals surface area contributed by atoms with Crippen LogP contribution in [0.25, 0.3) is 0 Å². The van der Waals surface area contributed by atoms with Crippen molar-refractivity contribution in [2.75, 3.05) is 0 Å². The summed E-state index contributed by atoms with van der Waals surface area (Å²) in [5.41, 5.74) is 0.490. The highest BCUT2D eigenvalue weighted by Gasteiger charge is 2.35. The number of aromatic carboxylic acids is 1. The van der Waals surface area contributed by atoms with E-state index in [1.54, 1.807) is 0 Å². The van der Waals surface area contributed by atoms with Crippen LogP contribution in [0, 0.1) is 5.82 Å². The van der Waals surface area contributed by atoms with Gasteiger partial charge in [-0.25, -0.2) is 9.18 Å². The summed E-state index contributed by atoms with van der Waals surface area (Å²) in [4.78, 5) is 11.6. The normalized spacial score (nSPS) is 14.5. The maximum atomic E-state index is 15.2. The number of halogens is 5. The van der Waals surface area contributed by atoms with E-state index in [1.165, 1.54) is 12.1 Å². The molecule has 2 aromatic carbocycles. The molecule has 0 radical (unpaired) electrons. The lowest BCUT2D eigenvalue weighted by Crippen LogP contribution is -2.22. The largest absolute Gasteiger partial charge is 0.573 e. The van der Waals surface area contributed by atoms with Crippen LogP contribution >= 0.6 is 11.6 Å². The number of carboxylic acid groups (broad SMARTS) is 1. The Bertz CT molecular complexity index is 1010. The van der Waals surface area contributed by atoms with E-state index in [2.05, 4.69) is 4.74 Å². The van der Waals surface area contributed by atoms with Crippen molar-refractivity contribution in [2.45, 2.75) is 57.9 Å². The van der Waals surface area contributed by atoms with Crippen molar-refractivity contribution in [1.82, 2.24) is 0 Å². The fourth-order valence-electron chi connectivity index (χ4n) is 3.60. The first-order valence-corrected chi connectivity index (χ1v) is 9.92. The van der Waals surface area contributed by atoms with E-state index in [1.807, 2.05) is 20.8 Å². The van der Waals surface area contributed by atoms with Crippen LogP contribution in [0.3, 0.4) is 0 Å². The van der Waals surface area contributed by atoms with Gasteiger partial charge in [0.2, 0.25) is 0 Å². The summed E-state index contributed by atoms with van der Waals surface area (Å²) in [6, 6.07) is 4.60. The Morgan fingerprint density at radius 2 is 1.74 bits per heavy atom. The number of hydrogen-bond donors (Lipinski definition) is 1. The van der Waals surface area contributed by atoms with E-state index in [0.717, 1.165) is 30.5 Å². The molecule has 0 unspecified atom stereocenters. The summed E-state index contributed by atoms with van der Waals surface area (Å²) in [6.07, 6.45) is -3.16. The Balaban J connectivity index is 2.02. The van der Waals surface area contributed by atoms with Crippen molar-refractivity contribution in [1.29, 1.82) is 0 Å². The zero-order valence-electron chi connectivity index (χ0n) is 17.1. The molecule has 0 bridgehead atoms. The van der Waals surface area contributed by atoms with Gasteiger partial charge in [-0.15, -0.1) is 13.2 Å². The lowest BCUT2D eigenvalue weighted by Gasteiger charge is -2.28. The Labute approximate surface area is 181 Å². The van der Waals surface area contributed by atoms with Crippen LogP contribution in [-0.2, 0) is 12.0 Å². The number of ether oxygens (including phenoxy) is 2. The molecule has 1 saturated carbocycles. The van der Waals surface area contributed by atoms with Crippen molar-refractivity contribution >= 4 is 17.6 Å². The van der Waals surface area contributed by atoms with Crippen LogP contribution in [0.4, 0.5) is 17.6 Å². The zero-order chi connectivity index (χ0) is 23.1. The first kappa shape index (κ1) is 23.2. The average Bonchev–Trinajstić information content (AvgIpc) is 3.42. The molecule has 168 valence electrons. The molecule has 0 atom stereocenters. The molecular formula is C22H21ClF4O4. The van der Waals surface area contributed by atoms with Gasteiger partial charge in [-0.2, -0.15) is 0 Å². The predicted molar refractivity (Wildman–Crippen MR) is 107 cm³/mol. The fraction of sp³-hybridized carbons (Fsp3) is 0.409. The first-order chi connectivity index (χ1) is 14.3. The molecule has 1 aliphatic carbocycles. The second kappa shape index (κ2) is 8.22. The highest BCUT2D eigenvalue weighted by molar-refractivity contribution is 6.30.